The minimum absolute atomic E-state index is 0.0296. The molecule has 6 heteroatoms. The summed E-state index contributed by atoms with van der Waals surface area (Å²) in [7, 11) is 0. The third kappa shape index (κ3) is 2.46. The average molecular weight is 238 g/mol. The Hall–Kier alpha value is -1.43. The Labute approximate surface area is 99.9 Å². The first-order valence-electron chi connectivity index (χ1n) is 5.92. The molecule has 3 N–H and O–H groups in total. The van der Waals surface area contributed by atoms with Gasteiger partial charge in [-0.25, -0.2) is 0 Å². The van der Waals surface area contributed by atoms with Crippen LogP contribution in [0.5, 0.6) is 0 Å². The van der Waals surface area contributed by atoms with E-state index >= 15 is 0 Å². The minimum atomic E-state index is -0.422. The van der Waals surface area contributed by atoms with E-state index < -0.39 is 5.41 Å². The van der Waals surface area contributed by atoms with Crippen LogP contribution < -0.4 is 11.1 Å². The normalized spacial score (nSPS) is 28.2. The van der Waals surface area contributed by atoms with Crippen LogP contribution >= 0.6 is 0 Å². The van der Waals surface area contributed by atoms with Crippen molar-refractivity contribution in [3.63, 3.8) is 0 Å². The van der Waals surface area contributed by atoms with E-state index in [0.29, 0.717) is 18.9 Å². The molecule has 1 aliphatic carbocycles. The van der Waals surface area contributed by atoms with Gasteiger partial charge in [-0.1, -0.05) is 11.6 Å². The summed E-state index contributed by atoms with van der Waals surface area (Å²) in [5, 5.41) is 6.39. The highest BCUT2D eigenvalue weighted by molar-refractivity contribution is 5.83. The van der Waals surface area contributed by atoms with Gasteiger partial charge in [-0.05, 0) is 19.8 Å². The van der Waals surface area contributed by atoms with Gasteiger partial charge in [0, 0.05) is 19.0 Å². The highest BCUT2D eigenvalue weighted by atomic mass is 16.5. The van der Waals surface area contributed by atoms with Gasteiger partial charge in [0.2, 0.25) is 11.8 Å². The number of amides is 1. The molecule has 1 heterocycles. The van der Waals surface area contributed by atoms with Crippen molar-refractivity contribution in [1.82, 2.24) is 15.5 Å². The maximum atomic E-state index is 12.0. The van der Waals surface area contributed by atoms with Crippen LogP contribution in [0, 0.1) is 5.41 Å². The summed E-state index contributed by atoms with van der Waals surface area (Å²) in [6, 6.07) is -0.0362. The molecular formula is C11H18N4O2. The van der Waals surface area contributed by atoms with Crippen LogP contribution in [0.4, 0.5) is 0 Å². The van der Waals surface area contributed by atoms with Crippen LogP contribution in [0.15, 0.2) is 10.9 Å². The SMILES string of the molecule is CC1(C(=O)NCCc2ncno2)CCCC1N. The first-order valence-corrected chi connectivity index (χ1v) is 5.92. The van der Waals surface area contributed by atoms with E-state index in [0.717, 1.165) is 19.3 Å². The highest BCUT2D eigenvalue weighted by Crippen LogP contribution is 2.36. The van der Waals surface area contributed by atoms with E-state index in [4.69, 9.17) is 10.3 Å². The van der Waals surface area contributed by atoms with Crippen molar-refractivity contribution in [1.29, 1.82) is 0 Å². The van der Waals surface area contributed by atoms with Crippen molar-refractivity contribution in [2.75, 3.05) is 6.54 Å². The maximum absolute atomic E-state index is 12.0. The lowest BCUT2D eigenvalue weighted by molar-refractivity contribution is -0.130. The topological polar surface area (TPSA) is 94.0 Å². The van der Waals surface area contributed by atoms with E-state index in [1.165, 1.54) is 6.33 Å². The molecule has 0 bridgehead atoms. The quantitative estimate of drug-likeness (QED) is 0.784. The summed E-state index contributed by atoms with van der Waals surface area (Å²) in [5.41, 5.74) is 5.56. The molecule has 0 saturated heterocycles. The molecule has 0 spiro atoms. The predicted octanol–water partition coefficient (Wildman–Crippen LogP) is 0.246. The monoisotopic (exact) mass is 238 g/mol. The summed E-state index contributed by atoms with van der Waals surface area (Å²) in [4.78, 5) is 15.9. The van der Waals surface area contributed by atoms with Crippen LogP contribution in [0.2, 0.25) is 0 Å². The third-order valence-corrected chi connectivity index (χ3v) is 3.58. The largest absolute Gasteiger partial charge is 0.355 e. The first kappa shape index (κ1) is 12.0. The van der Waals surface area contributed by atoms with Crippen molar-refractivity contribution in [2.45, 2.75) is 38.6 Å². The molecule has 6 nitrogen and oxygen atoms in total. The van der Waals surface area contributed by atoms with Gasteiger partial charge in [-0.15, -0.1) is 0 Å². The van der Waals surface area contributed by atoms with E-state index in [9.17, 15) is 4.79 Å². The second-order valence-electron chi connectivity index (χ2n) is 4.76. The first-order chi connectivity index (χ1) is 8.13. The fourth-order valence-electron chi connectivity index (χ4n) is 2.27. The van der Waals surface area contributed by atoms with Gasteiger partial charge in [-0.2, -0.15) is 4.98 Å². The van der Waals surface area contributed by atoms with Crippen molar-refractivity contribution in [2.24, 2.45) is 11.1 Å². The number of nitrogens with one attached hydrogen (secondary N) is 1. The molecule has 1 aromatic rings. The van der Waals surface area contributed by atoms with Crippen LogP contribution in [0.25, 0.3) is 0 Å². The van der Waals surface area contributed by atoms with Crippen molar-refractivity contribution >= 4 is 5.91 Å². The molecule has 2 unspecified atom stereocenters. The lowest BCUT2D eigenvalue weighted by atomic mass is 9.84. The smallest absolute Gasteiger partial charge is 0.228 e. The number of hydrogen-bond acceptors (Lipinski definition) is 5. The molecular weight excluding hydrogens is 220 g/mol. The molecule has 0 aromatic carbocycles. The van der Waals surface area contributed by atoms with Gasteiger partial charge < -0.3 is 15.6 Å². The zero-order chi connectivity index (χ0) is 12.3. The second-order valence-corrected chi connectivity index (χ2v) is 4.76. The van der Waals surface area contributed by atoms with Gasteiger partial charge in [0.15, 0.2) is 6.33 Å². The second kappa shape index (κ2) is 4.83. The zero-order valence-corrected chi connectivity index (χ0v) is 9.98. The Morgan fingerprint density at radius 3 is 3.18 bits per heavy atom. The molecule has 94 valence electrons. The number of nitrogens with zero attached hydrogens (tertiary/aromatic N) is 2. The van der Waals surface area contributed by atoms with Crippen LogP contribution in [-0.4, -0.2) is 28.6 Å². The number of carbonyl (C=O) groups is 1. The molecule has 1 saturated carbocycles. The molecule has 1 amide bonds. The van der Waals surface area contributed by atoms with Crippen LogP contribution in [-0.2, 0) is 11.2 Å². The molecule has 1 fully saturated rings. The number of hydrogen-bond donors (Lipinski definition) is 2. The molecule has 0 radical (unpaired) electrons. The lowest BCUT2D eigenvalue weighted by Crippen LogP contribution is -2.47. The fraction of sp³-hybridized carbons (Fsp3) is 0.727. The van der Waals surface area contributed by atoms with Gasteiger partial charge in [0.1, 0.15) is 0 Å². The predicted molar refractivity (Wildman–Crippen MR) is 60.9 cm³/mol. The lowest BCUT2D eigenvalue weighted by Gasteiger charge is -2.27. The number of carbonyl (C=O) groups excluding carboxylic acids is 1. The third-order valence-electron chi connectivity index (χ3n) is 3.58. The molecule has 2 atom stereocenters. The molecule has 1 aliphatic rings. The highest BCUT2D eigenvalue weighted by Gasteiger charge is 2.42. The van der Waals surface area contributed by atoms with E-state index in [1.54, 1.807) is 0 Å². The minimum Gasteiger partial charge on any atom is -0.355 e. The van der Waals surface area contributed by atoms with Crippen molar-refractivity contribution in [3.8, 4) is 0 Å². The fourth-order valence-corrected chi connectivity index (χ4v) is 2.27. The Kier molecular flexibility index (Phi) is 3.42. The number of nitrogens with two attached hydrogens (primary N) is 1. The molecule has 2 rings (SSSR count). The summed E-state index contributed by atoms with van der Waals surface area (Å²) >= 11 is 0. The zero-order valence-electron chi connectivity index (χ0n) is 9.98. The number of rotatable bonds is 4. The van der Waals surface area contributed by atoms with E-state index in [2.05, 4.69) is 15.5 Å². The van der Waals surface area contributed by atoms with E-state index in [-0.39, 0.29) is 11.9 Å². The summed E-state index contributed by atoms with van der Waals surface area (Å²) < 4.78 is 4.85. The van der Waals surface area contributed by atoms with E-state index in [1.807, 2.05) is 6.92 Å². The molecule has 1 aromatic heterocycles. The van der Waals surface area contributed by atoms with Gasteiger partial charge in [-0.3, -0.25) is 4.79 Å². The van der Waals surface area contributed by atoms with Crippen molar-refractivity contribution < 1.29 is 9.32 Å². The van der Waals surface area contributed by atoms with Crippen LogP contribution in [0.3, 0.4) is 0 Å². The summed E-state index contributed by atoms with van der Waals surface area (Å²) in [6.07, 6.45) is 4.71. The number of aromatic nitrogens is 2. The van der Waals surface area contributed by atoms with Gasteiger partial charge >= 0.3 is 0 Å². The Morgan fingerprint density at radius 2 is 2.59 bits per heavy atom. The summed E-state index contributed by atoms with van der Waals surface area (Å²) in [5.74, 6) is 0.563. The Bertz CT molecular complexity index is 379. The summed E-state index contributed by atoms with van der Waals surface area (Å²) in [6.45, 7) is 2.44. The average Bonchev–Trinajstić information content (AvgIpc) is 2.91. The standard InChI is InChI=1S/C11H18N4O2/c1-11(5-2-3-8(11)12)10(16)13-6-4-9-14-7-15-17-9/h7-8H,2-6,12H2,1H3,(H,13,16). The molecule has 17 heavy (non-hydrogen) atoms. The van der Waals surface area contributed by atoms with Gasteiger partial charge in [0.05, 0.1) is 5.41 Å². The Morgan fingerprint density at radius 1 is 1.76 bits per heavy atom. The van der Waals surface area contributed by atoms with Gasteiger partial charge in [0.25, 0.3) is 0 Å². The Balaban J connectivity index is 1.81. The van der Waals surface area contributed by atoms with Crippen LogP contribution in [0.1, 0.15) is 32.1 Å². The maximum Gasteiger partial charge on any atom is 0.228 e. The molecule has 0 aliphatic heterocycles. The van der Waals surface area contributed by atoms with Crippen molar-refractivity contribution in [3.05, 3.63) is 12.2 Å².